The molecule has 0 heterocycles. The van der Waals surface area contributed by atoms with Crippen LogP contribution in [0.15, 0.2) is 24.3 Å². The molecule has 1 atom stereocenters. The first-order chi connectivity index (χ1) is 7.67. The lowest BCUT2D eigenvalue weighted by molar-refractivity contribution is 0.297. The SMILES string of the molecule is CCOc1ccc(CC(CN)N(C)C)cc1. The number of rotatable bonds is 6. The summed E-state index contributed by atoms with van der Waals surface area (Å²) >= 11 is 0. The summed E-state index contributed by atoms with van der Waals surface area (Å²) in [6.07, 6.45) is 0.982. The van der Waals surface area contributed by atoms with Crippen LogP contribution >= 0.6 is 0 Å². The van der Waals surface area contributed by atoms with Crippen LogP contribution in [-0.2, 0) is 6.42 Å². The van der Waals surface area contributed by atoms with Gasteiger partial charge < -0.3 is 15.4 Å². The molecule has 3 nitrogen and oxygen atoms in total. The molecule has 0 bridgehead atoms. The Morgan fingerprint density at radius 3 is 2.31 bits per heavy atom. The highest BCUT2D eigenvalue weighted by atomic mass is 16.5. The number of hydrogen-bond acceptors (Lipinski definition) is 3. The summed E-state index contributed by atoms with van der Waals surface area (Å²) in [5.74, 6) is 0.931. The number of likely N-dealkylation sites (N-methyl/N-ethyl adjacent to an activating group) is 1. The molecule has 0 fully saturated rings. The van der Waals surface area contributed by atoms with Crippen LogP contribution in [0.2, 0.25) is 0 Å². The standard InChI is InChI=1S/C13H22N2O/c1-4-16-13-7-5-11(6-8-13)9-12(10-14)15(2)3/h5-8,12H,4,9-10,14H2,1-3H3. The van der Waals surface area contributed by atoms with E-state index in [9.17, 15) is 0 Å². The lowest BCUT2D eigenvalue weighted by Crippen LogP contribution is -2.36. The van der Waals surface area contributed by atoms with Crippen molar-refractivity contribution in [2.45, 2.75) is 19.4 Å². The van der Waals surface area contributed by atoms with Crippen molar-refractivity contribution >= 4 is 0 Å². The zero-order valence-electron chi connectivity index (χ0n) is 10.4. The van der Waals surface area contributed by atoms with Gasteiger partial charge in [-0.2, -0.15) is 0 Å². The number of ether oxygens (including phenoxy) is 1. The second-order valence-corrected chi connectivity index (χ2v) is 4.13. The molecule has 0 radical (unpaired) electrons. The van der Waals surface area contributed by atoms with Gasteiger partial charge in [0.05, 0.1) is 6.61 Å². The second kappa shape index (κ2) is 6.51. The Morgan fingerprint density at radius 1 is 1.25 bits per heavy atom. The molecular weight excluding hydrogens is 200 g/mol. The van der Waals surface area contributed by atoms with Gasteiger partial charge in [0, 0.05) is 12.6 Å². The van der Waals surface area contributed by atoms with Crippen LogP contribution < -0.4 is 10.5 Å². The van der Waals surface area contributed by atoms with Crippen molar-refractivity contribution < 1.29 is 4.74 Å². The van der Waals surface area contributed by atoms with Crippen LogP contribution in [0, 0.1) is 0 Å². The first kappa shape index (κ1) is 13.0. The maximum Gasteiger partial charge on any atom is 0.119 e. The smallest absolute Gasteiger partial charge is 0.119 e. The molecule has 1 rings (SSSR count). The van der Waals surface area contributed by atoms with E-state index in [-0.39, 0.29) is 0 Å². The predicted molar refractivity (Wildman–Crippen MR) is 67.8 cm³/mol. The summed E-state index contributed by atoms with van der Waals surface area (Å²) in [5, 5.41) is 0. The highest BCUT2D eigenvalue weighted by Crippen LogP contribution is 2.14. The highest BCUT2D eigenvalue weighted by Gasteiger charge is 2.09. The molecule has 0 aromatic heterocycles. The van der Waals surface area contributed by atoms with Crippen LogP contribution in [0.3, 0.4) is 0 Å². The average molecular weight is 222 g/mol. The molecule has 0 spiro atoms. The van der Waals surface area contributed by atoms with E-state index in [1.54, 1.807) is 0 Å². The van der Waals surface area contributed by atoms with Crippen LogP contribution in [-0.4, -0.2) is 38.2 Å². The minimum Gasteiger partial charge on any atom is -0.494 e. The summed E-state index contributed by atoms with van der Waals surface area (Å²) in [7, 11) is 4.12. The van der Waals surface area contributed by atoms with Gasteiger partial charge >= 0.3 is 0 Å². The molecule has 2 N–H and O–H groups in total. The highest BCUT2D eigenvalue weighted by molar-refractivity contribution is 5.27. The number of nitrogens with zero attached hydrogens (tertiary/aromatic N) is 1. The molecule has 1 aromatic rings. The van der Waals surface area contributed by atoms with Crippen LogP contribution in [0.1, 0.15) is 12.5 Å². The van der Waals surface area contributed by atoms with Gasteiger partial charge in [-0.3, -0.25) is 0 Å². The van der Waals surface area contributed by atoms with Gasteiger partial charge in [-0.1, -0.05) is 12.1 Å². The topological polar surface area (TPSA) is 38.5 Å². The molecular formula is C13H22N2O. The molecule has 1 aromatic carbocycles. The molecule has 16 heavy (non-hydrogen) atoms. The van der Waals surface area contributed by atoms with E-state index >= 15 is 0 Å². The third-order valence-electron chi connectivity index (χ3n) is 2.71. The van der Waals surface area contributed by atoms with Crippen molar-refractivity contribution in [1.29, 1.82) is 0 Å². The number of benzene rings is 1. The molecule has 0 saturated heterocycles. The quantitative estimate of drug-likeness (QED) is 0.793. The first-order valence-electron chi connectivity index (χ1n) is 5.75. The Morgan fingerprint density at radius 2 is 1.88 bits per heavy atom. The molecule has 3 heteroatoms. The van der Waals surface area contributed by atoms with Crippen molar-refractivity contribution in [3.8, 4) is 5.75 Å². The minimum absolute atomic E-state index is 0.401. The normalized spacial score (nSPS) is 12.8. The second-order valence-electron chi connectivity index (χ2n) is 4.13. The largest absolute Gasteiger partial charge is 0.494 e. The fraction of sp³-hybridized carbons (Fsp3) is 0.538. The van der Waals surface area contributed by atoms with Crippen LogP contribution in [0.5, 0.6) is 5.75 Å². The Balaban J connectivity index is 2.60. The minimum atomic E-state index is 0.401. The first-order valence-corrected chi connectivity index (χ1v) is 5.75. The third kappa shape index (κ3) is 3.83. The van der Waals surface area contributed by atoms with Crippen LogP contribution in [0.25, 0.3) is 0 Å². The van der Waals surface area contributed by atoms with Gasteiger partial charge in [0.15, 0.2) is 0 Å². The van der Waals surface area contributed by atoms with E-state index < -0.39 is 0 Å². The summed E-state index contributed by atoms with van der Waals surface area (Å²) in [6, 6.07) is 8.65. The van der Waals surface area contributed by atoms with Gasteiger partial charge in [-0.15, -0.1) is 0 Å². The van der Waals surface area contributed by atoms with Gasteiger partial charge in [-0.25, -0.2) is 0 Å². The summed E-state index contributed by atoms with van der Waals surface area (Å²) in [6.45, 7) is 3.38. The van der Waals surface area contributed by atoms with Crippen LogP contribution in [0.4, 0.5) is 0 Å². The molecule has 0 aliphatic carbocycles. The summed E-state index contributed by atoms with van der Waals surface area (Å²) in [4.78, 5) is 2.16. The zero-order valence-corrected chi connectivity index (χ0v) is 10.4. The monoisotopic (exact) mass is 222 g/mol. The van der Waals surface area contributed by atoms with Gasteiger partial charge in [-0.05, 0) is 45.1 Å². The molecule has 1 unspecified atom stereocenters. The summed E-state index contributed by atoms with van der Waals surface area (Å²) in [5.41, 5.74) is 7.03. The Kier molecular flexibility index (Phi) is 5.29. The van der Waals surface area contributed by atoms with E-state index in [0.29, 0.717) is 19.2 Å². The van der Waals surface area contributed by atoms with Crippen molar-refractivity contribution in [3.05, 3.63) is 29.8 Å². The molecule has 0 aliphatic heterocycles. The van der Waals surface area contributed by atoms with Gasteiger partial charge in [0.2, 0.25) is 0 Å². The zero-order chi connectivity index (χ0) is 12.0. The van der Waals surface area contributed by atoms with Crippen molar-refractivity contribution in [3.63, 3.8) is 0 Å². The Bertz CT molecular complexity index is 295. The van der Waals surface area contributed by atoms with E-state index in [4.69, 9.17) is 10.5 Å². The molecule has 90 valence electrons. The van der Waals surface area contributed by atoms with E-state index in [2.05, 4.69) is 31.1 Å². The number of nitrogens with two attached hydrogens (primary N) is 1. The summed E-state index contributed by atoms with van der Waals surface area (Å²) < 4.78 is 5.40. The van der Waals surface area contributed by atoms with Crippen molar-refractivity contribution in [2.24, 2.45) is 5.73 Å². The van der Waals surface area contributed by atoms with Crippen molar-refractivity contribution in [1.82, 2.24) is 4.90 Å². The maximum atomic E-state index is 5.73. The fourth-order valence-corrected chi connectivity index (χ4v) is 1.64. The fourth-order valence-electron chi connectivity index (χ4n) is 1.64. The van der Waals surface area contributed by atoms with Gasteiger partial charge in [0.1, 0.15) is 5.75 Å². The molecule has 0 saturated carbocycles. The number of hydrogen-bond donors (Lipinski definition) is 1. The average Bonchev–Trinajstić information content (AvgIpc) is 2.28. The predicted octanol–water partition coefficient (Wildman–Crippen LogP) is 1.52. The molecule has 0 amide bonds. The van der Waals surface area contributed by atoms with E-state index in [1.807, 2.05) is 19.1 Å². The third-order valence-corrected chi connectivity index (χ3v) is 2.71. The van der Waals surface area contributed by atoms with E-state index in [1.165, 1.54) is 5.56 Å². The van der Waals surface area contributed by atoms with E-state index in [0.717, 1.165) is 12.2 Å². The lowest BCUT2D eigenvalue weighted by Gasteiger charge is -2.22. The maximum absolute atomic E-state index is 5.73. The Labute approximate surface area is 98.2 Å². The van der Waals surface area contributed by atoms with Gasteiger partial charge in [0.25, 0.3) is 0 Å². The Hall–Kier alpha value is -1.06. The lowest BCUT2D eigenvalue weighted by atomic mass is 10.1. The van der Waals surface area contributed by atoms with Crippen molar-refractivity contribution in [2.75, 3.05) is 27.2 Å². The molecule has 0 aliphatic rings.